The zero-order chi connectivity index (χ0) is 12.6. The molecular weight excluding hydrogens is 222 g/mol. The van der Waals surface area contributed by atoms with E-state index in [1.807, 2.05) is 48.5 Å². The zero-order valence-electron chi connectivity index (χ0n) is 10.3. The summed E-state index contributed by atoms with van der Waals surface area (Å²) in [7, 11) is 0. The third kappa shape index (κ3) is 4.06. The highest BCUT2D eigenvalue weighted by Crippen LogP contribution is 2.00. The molecule has 2 aromatic rings. The van der Waals surface area contributed by atoms with Crippen LogP contribution in [0.2, 0.25) is 0 Å². The second-order valence-electron chi connectivity index (χ2n) is 4.25. The average Bonchev–Trinajstić information content (AvgIpc) is 2.41. The predicted molar refractivity (Wildman–Crippen MR) is 73.3 cm³/mol. The van der Waals surface area contributed by atoms with Gasteiger partial charge in [0.1, 0.15) is 0 Å². The first-order valence-electron chi connectivity index (χ1n) is 6.19. The maximum atomic E-state index is 11.7. The molecule has 1 amide bonds. The largest absolute Gasteiger partial charge is 0.355 e. The summed E-state index contributed by atoms with van der Waals surface area (Å²) in [6.45, 7) is 0.690. The molecule has 1 N–H and O–H groups in total. The van der Waals surface area contributed by atoms with Gasteiger partial charge < -0.3 is 5.32 Å². The molecule has 0 aliphatic carbocycles. The van der Waals surface area contributed by atoms with Gasteiger partial charge in [0.25, 0.3) is 0 Å². The molecule has 0 unspecified atom stereocenters. The van der Waals surface area contributed by atoms with Gasteiger partial charge in [-0.2, -0.15) is 0 Å². The van der Waals surface area contributed by atoms with Crippen molar-refractivity contribution in [2.45, 2.75) is 12.8 Å². The van der Waals surface area contributed by atoms with Gasteiger partial charge in [-0.05, 0) is 17.5 Å². The molecule has 2 nitrogen and oxygen atoms in total. The van der Waals surface area contributed by atoms with Crippen molar-refractivity contribution in [1.29, 1.82) is 0 Å². The van der Waals surface area contributed by atoms with Crippen LogP contribution in [0.25, 0.3) is 0 Å². The summed E-state index contributed by atoms with van der Waals surface area (Å²) in [6.07, 6.45) is 1.33. The van der Waals surface area contributed by atoms with Crippen LogP contribution in [0.15, 0.2) is 60.7 Å². The molecule has 0 heterocycles. The first-order valence-corrected chi connectivity index (χ1v) is 6.19. The van der Waals surface area contributed by atoms with Crippen LogP contribution in [0, 0.1) is 0 Å². The van der Waals surface area contributed by atoms with Crippen LogP contribution in [0.4, 0.5) is 0 Å². The molecule has 18 heavy (non-hydrogen) atoms. The van der Waals surface area contributed by atoms with Gasteiger partial charge in [0, 0.05) is 6.54 Å². The quantitative estimate of drug-likeness (QED) is 0.853. The van der Waals surface area contributed by atoms with E-state index in [2.05, 4.69) is 17.4 Å². The molecule has 0 atom stereocenters. The number of amides is 1. The highest BCUT2D eigenvalue weighted by molar-refractivity contribution is 5.78. The number of rotatable bonds is 5. The second kappa shape index (κ2) is 6.60. The van der Waals surface area contributed by atoms with E-state index in [0.29, 0.717) is 13.0 Å². The van der Waals surface area contributed by atoms with Crippen molar-refractivity contribution in [3.8, 4) is 0 Å². The summed E-state index contributed by atoms with van der Waals surface area (Å²) in [5.41, 5.74) is 2.30. The van der Waals surface area contributed by atoms with Crippen molar-refractivity contribution in [2.24, 2.45) is 0 Å². The van der Waals surface area contributed by atoms with Crippen LogP contribution < -0.4 is 5.32 Å². The fourth-order valence-corrected chi connectivity index (χ4v) is 1.83. The fraction of sp³-hybridized carbons (Fsp3) is 0.188. The van der Waals surface area contributed by atoms with E-state index in [4.69, 9.17) is 0 Å². The third-order valence-electron chi connectivity index (χ3n) is 2.79. The normalized spacial score (nSPS) is 10.0. The third-order valence-corrected chi connectivity index (χ3v) is 2.79. The Hall–Kier alpha value is -2.09. The lowest BCUT2D eigenvalue weighted by Gasteiger charge is -2.05. The minimum absolute atomic E-state index is 0.0807. The Kier molecular flexibility index (Phi) is 4.53. The Morgan fingerprint density at radius 1 is 0.833 bits per heavy atom. The molecule has 2 heteroatoms. The van der Waals surface area contributed by atoms with Gasteiger partial charge in [0.05, 0.1) is 6.42 Å². The standard InChI is InChI=1S/C16H17NO/c18-16(13-15-9-5-2-6-10-15)17-12-11-14-7-3-1-4-8-14/h1-10H,11-13H2,(H,17,18). The van der Waals surface area contributed by atoms with Gasteiger partial charge in [0.2, 0.25) is 5.91 Å². The van der Waals surface area contributed by atoms with E-state index in [-0.39, 0.29) is 5.91 Å². The topological polar surface area (TPSA) is 29.1 Å². The number of hydrogen-bond donors (Lipinski definition) is 1. The molecule has 0 bridgehead atoms. The van der Waals surface area contributed by atoms with E-state index in [1.165, 1.54) is 5.56 Å². The maximum absolute atomic E-state index is 11.7. The lowest BCUT2D eigenvalue weighted by atomic mass is 10.1. The van der Waals surface area contributed by atoms with Crippen LogP contribution in [0.1, 0.15) is 11.1 Å². The molecular formula is C16H17NO. The predicted octanol–water partition coefficient (Wildman–Crippen LogP) is 2.59. The lowest BCUT2D eigenvalue weighted by Crippen LogP contribution is -2.27. The van der Waals surface area contributed by atoms with Crippen LogP contribution in [0.3, 0.4) is 0 Å². The molecule has 2 aromatic carbocycles. The van der Waals surface area contributed by atoms with Crippen molar-refractivity contribution < 1.29 is 4.79 Å². The molecule has 0 aromatic heterocycles. The van der Waals surface area contributed by atoms with Gasteiger partial charge in [-0.25, -0.2) is 0 Å². The average molecular weight is 239 g/mol. The first-order chi connectivity index (χ1) is 8.84. The van der Waals surface area contributed by atoms with Gasteiger partial charge in [0.15, 0.2) is 0 Å². The van der Waals surface area contributed by atoms with Crippen molar-refractivity contribution in [3.63, 3.8) is 0 Å². The van der Waals surface area contributed by atoms with Crippen LogP contribution in [-0.4, -0.2) is 12.5 Å². The van der Waals surface area contributed by atoms with E-state index in [1.54, 1.807) is 0 Å². The summed E-state index contributed by atoms with van der Waals surface area (Å²) < 4.78 is 0. The SMILES string of the molecule is O=C(Cc1ccccc1)NCCc1ccccc1. The molecule has 0 fully saturated rings. The van der Waals surface area contributed by atoms with Crippen LogP contribution >= 0.6 is 0 Å². The van der Waals surface area contributed by atoms with E-state index >= 15 is 0 Å². The monoisotopic (exact) mass is 239 g/mol. The number of carbonyl (C=O) groups excluding carboxylic acids is 1. The summed E-state index contributed by atoms with van der Waals surface area (Å²) in [4.78, 5) is 11.7. The van der Waals surface area contributed by atoms with Crippen molar-refractivity contribution in [3.05, 3.63) is 71.8 Å². The smallest absolute Gasteiger partial charge is 0.224 e. The van der Waals surface area contributed by atoms with Crippen LogP contribution in [0.5, 0.6) is 0 Å². The summed E-state index contributed by atoms with van der Waals surface area (Å²) in [6, 6.07) is 20.0. The maximum Gasteiger partial charge on any atom is 0.224 e. The molecule has 2 rings (SSSR count). The number of benzene rings is 2. The molecule has 92 valence electrons. The Bertz CT molecular complexity index is 479. The number of hydrogen-bond acceptors (Lipinski definition) is 1. The van der Waals surface area contributed by atoms with Crippen molar-refractivity contribution in [2.75, 3.05) is 6.54 Å². The number of nitrogens with one attached hydrogen (secondary N) is 1. The minimum atomic E-state index is 0.0807. The molecule has 0 saturated carbocycles. The molecule has 0 radical (unpaired) electrons. The van der Waals surface area contributed by atoms with E-state index in [0.717, 1.165) is 12.0 Å². The van der Waals surface area contributed by atoms with Crippen molar-refractivity contribution >= 4 is 5.91 Å². The summed E-state index contributed by atoms with van der Waals surface area (Å²) >= 11 is 0. The highest BCUT2D eigenvalue weighted by atomic mass is 16.1. The van der Waals surface area contributed by atoms with E-state index < -0.39 is 0 Å². The number of carbonyl (C=O) groups is 1. The lowest BCUT2D eigenvalue weighted by molar-refractivity contribution is -0.120. The molecule has 0 spiro atoms. The van der Waals surface area contributed by atoms with Gasteiger partial charge in [-0.3, -0.25) is 4.79 Å². The summed E-state index contributed by atoms with van der Waals surface area (Å²) in [5.74, 6) is 0.0807. The van der Waals surface area contributed by atoms with Crippen LogP contribution in [-0.2, 0) is 17.6 Å². The fourth-order valence-electron chi connectivity index (χ4n) is 1.83. The second-order valence-corrected chi connectivity index (χ2v) is 4.25. The Labute approximate surface area is 108 Å². The van der Waals surface area contributed by atoms with Crippen molar-refractivity contribution in [1.82, 2.24) is 5.32 Å². The van der Waals surface area contributed by atoms with Gasteiger partial charge in [-0.15, -0.1) is 0 Å². The molecule has 0 aliphatic rings. The highest BCUT2D eigenvalue weighted by Gasteiger charge is 2.01. The summed E-state index contributed by atoms with van der Waals surface area (Å²) in [5, 5.41) is 2.94. The Morgan fingerprint density at radius 2 is 1.39 bits per heavy atom. The molecule has 0 saturated heterocycles. The van der Waals surface area contributed by atoms with Gasteiger partial charge in [-0.1, -0.05) is 60.7 Å². The molecule has 0 aliphatic heterocycles. The minimum Gasteiger partial charge on any atom is -0.355 e. The Balaban J connectivity index is 1.73. The zero-order valence-corrected chi connectivity index (χ0v) is 10.3. The van der Waals surface area contributed by atoms with Gasteiger partial charge >= 0.3 is 0 Å². The Morgan fingerprint density at radius 3 is 2.00 bits per heavy atom. The van der Waals surface area contributed by atoms with E-state index in [9.17, 15) is 4.79 Å². The first kappa shape index (κ1) is 12.4.